The Kier molecular flexibility index (Phi) is 3.22. The average molecular weight is 273 g/mol. The first-order chi connectivity index (χ1) is 9.62. The lowest BCUT2D eigenvalue weighted by molar-refractivity contribution is 0.285. The van der Waals surface area contributed by atoms with Gasteiger partial charge in [0.2, 0.25) is 11.7 Å². The van der Waals surface area contributed by atoms with Crippen LogP contribution in [0, 0.1) is 6.92 Å². The van der Waals surface area contributed by atoms with E-state index in [9.17, 15) is 0 Å². The molecule has 0 spiro atoms. The lowest BCUT2D eigenvalue weighted by atomic mass is 9.99. The Morgan fingerprint density at radius 3 is 2.75 bits per heavy atom. The fourth-order valence-corrected chi connectivity index (χ4v) is 2.74. The number of aromatic nitrogens is 2. The zero-order valence-corrected chi connectivity index (χ0v) is 11.8. The molecule has 0 radical (unpaired) electrons. The summed E-state index contributed by atoms with van der Waals surface area (Å²) in [7, 11) is 1.64. The SMILES string of the molecule is COc1cc(C)ccc1-c1noc(C2(N)CCCC2)n1. The fraction of sp³-hybridized carbons (Fsp3) is 0.467. The van der Waals surface area contributed by atoms with Crippen LogP contribution in [0.2, 0.25) is 0 Å². The van der Waals surface area contributed by atoms with Gasteiger partial charge < -0.3 is 15.0 Å². The first kappa shape index (κ1) is 13.1. The number of hydrogen-bond donors (Lipinski definition) is 1. The second kappa shape index (κ2) is 4.90. The maximum Gasteiger partial charge on any atom is 0.247 e. The van der Waals surface area contributed by atoms with E-state index in [0.29, 0.717) is 11.7 Å². The molecule has 1 aliphatic carbocycles. The van der Waals surface area contributed by atoms with Gasteiger partial charge in [-0.1, -0.05) is 24.1 Å². The Balaban J connectivity index is 1.98. The van der Waals surface area contributed by atoms with Crippen LogP contribution in [0.5, 0.6) is 5.75 Å². The predicted molar refractivity (Wildman–Crippen MR) is 75.4 cm³/mol. The molecule has 0 bridgehead atoms. The molecule has 0 unspecified atom stereocenters. The molecule has 0 saturated heterocycles. The van der Waals surface area contributed by atoms with Gasteiger partial charge in [0.25, 0.3) is 0 Å². The number of aryl methyl sites for hydroxylation is 1. The molecule has 1 fully saturated rings. The third-order valence-electron chi connectivity index (χ3n) is 3.95. The van der Waals surface area contributed by atoms with Crippen molar-refractivity contribution in [1.29, 1.82) is 0 Å². The summed E-state index contributed by atoms with van der Waals surface area (Å²) >= 11 is 0. The molecule has 0 aliphatic heterocycles. The molecule has 0 amide bonds. The molecule has 5 heteroatoms. The molecule has 1 aliphatic rings. The minimum absolute atomic E-state index is 0.455. The Morgan fingerprint density at radius 2 is 2.05 bits per heavy atom. The van der Waals surface area contributed by atoms with E-state index in [0.717, 1.165) is 42.6 Å². The van der Waals surface area contributed by atoms with Crippen LogP contribution in [-0.4, -0.2) is 17.3 Å². The van der Waals surface area contributed by atoms with Crippen molar-refractivity contribution in [2.75, 3.05) is 7.11 Å². The molecule has 3 rings (SSSR count). The molecular formula is C15H19N3O2. The van der Waals surface area contributed by atoms with E-state index in [2.05, 4.69) is 10.1 Å². The Bertz CT molecular complexity index is 615. The smallest absolute Gasteiger partial charge is 0.247 e. The number of hydrogen-bond acceptors (Lipinski definition) is 5. The van der Waals surface area contributed by atoms with E-state index in [1.54, 1.807) is 7.11 Å². The normalized spacial score (nSPS) is 17.4. The summed E-state index contributed by atoms with van der Waals surface area (Å²) in [5.41, 5.74) is 7.84. The molecule has 1 saturated carbocycles. The molecule has 1 heterocycles. The van der Waals surface area contributed by atoms with Crippen LogP contribution in [0.25, 0.3) is 11.4 Å². The van der Waals surface area contributed by atoms with Gasteiger partial charge in [0.1, 0.15) is 5.75 Å². The van der Waals surface area contributed by atoms with Gasteiger partial charge in [-0.25, -0.2) is 0 Å². The lowest BCUT2D eigenvalue weighted by Gasteiger charge is -2.17. The fourth-order valence-electron chi connectivity index (χ4n) is 2.74. The summed E-state index contributed by atoms with van der Waals surface area (Å²) in [6, 6.07) is 5.90. The third kappa shape index (κ3) is 2.18. The van der Waals surface area contributed by atoms with Gasteiger partial charge >= 0.3 is 0 Å². The molecule has 5 nitrogen and oxygen atoms in total. The van der Waals surface area contributed by atoms with Crippen LogP contribution in [-0.2, 0) is 5.54 Å². The summed E-state index contributed by atoms with van der Waals surface area (Å²) in [6.07, 6.45) is 4.03. The monoisotopic (exact) mass is 273 g/mol. The van der Waals surface area contributed by atoms with Gasteiger partial charge in [0.15, 0.2) is 0 Å². The van der Waals surface area contributed by atoms with Crippen LogP contribution in [0.1, 0.15) is 37.1 Å². The quantitative estimate of drug-likeness (QED) is 0.930. The van der Waals surface area contributed by atoms with Crippen molar-refractivity contribution < 1.29 is 9.26 Å². The highest BCUT2D eigenvalue weighted by Gasteiger charge is 2.37. The zero-order valence-electron chi connectivity index (χ0n) is 11.8. The minimum Gasteiger partial charge on any atom is -0.496 e. The van der Waals surface area contributed by atoms with Crippen molar-refractivity contribution >= 4 is 0 Å². The topological polar surface area (TPSA) is 74.2 Å². The van der Waals surface area contributed by atoms with E-state index in [-0.39, 0.29) is 0 Å². The van der Waals surface area contributed by atoms with Crippen molar-refractivity contribution in [3.63, 3.8) is 0 Å². The predicted octanol–water partition coefficient (Wildman–Crippen LogP) is 2.78. The van der Waals surface area contributed by atoms with Crippen molar-refractivity contribution in [1.82, 2.24) is 10.1 Å². The van der Waals surface area contributed by atoms with Gasteiger partial charge in [0.05, 0.1) is 18.2 Å². The van der Waals surface area contributed by atoms with Crippen LogP contribution >= 0.6 is 0 Å². The maximum absolute atomic E-state index is 6.34. The summed E-state index contributed by atoms with van der Waals surface area (Å²) in [6.45, 7) is 2.02. The van der Waals surface area contributed by atoms with Crippen LogP contribution in [0.4, 0.5) is 0 Å². The van der Waals surface area contributed by atoms with Crippen molar-refractivity contribution in [3.05, 3.63) is 29.7 Å². The van der Waals surface area contributed by atoms with Crippen molar-refractivity contribution in [3.8, 4) is 17.1 Å². The van der Waals surface area contributed by atoms with E-state index < -0.39 is 5.54 Å². The summed E-state index contributed by atoms with van der Waals surface area (Å²) in [4.78, 5) is 4.49. The third-order valence-corrected chi connectivity index (χ3v) is 3.95. The van der Waals surface area contributed by atoms with Crippen LogP contribution in [0.3, 0.4) is 0 Å². The first-order valence-corrected chi connectivity index (χ1v) is 6.90. The number of methoxy groups -OCH3 is 1. The number of nitrogens with zero attached hydrogens (tertiary/aromatic N) is 2. The molecule has 20 heavy (non-hydrogen) atoms. The summed E-state index contributed by atoms with van der Waals surface area (Å²) in [5.74, 6) is 1.82. The second-order valence-corrected chi connectivity index (χ2v) is 5.49. The van der Waals surface area contributed by atoms with Gasteiger partial charge in [-0.15, -0.1) is 0 Å². The minimum atomic E-state index is -0.455. The van der Waals surface area contributed by atoms with Gasteiger partial charge in [-0.05, 0) is 37.5 Å². The Morgan fingerprint density at radius 1 is 1.30 bits per heavy atom. The number of rotatable bonds is 3. The van der Waals surface area contributed by atoms with Gasteiger partial charge in [-0.2, -0.15) is 4.98 Å². The standard InChI is InChI=1S/C15H19N3O2/c1-10-5-6-11(12(9-10)19-2)13-17-14(20-18-13)15(16)7-3-4-8-15/h5-6,9H,3-4,7-8,16H2,1-2H3. The molecule has 106 valence electrons. The van der Waals surface area contributed by atoms with E-state index in [1.807, 2.05) is 25.1 Å². The van der Waals surface area contributed by atoms with Gasteiger partial charge in [-0.3, -0.25) is 0 Å². The largest absolute Gasteiger partial charge is 0.496 e. The number of ether oxygens (including phenoxy) is 1. The van der Waals surface area contributed by atoms with Crippen molar-refractivity contribution in [2.24, 2.45) is 5.73 Å². The highest BCUT2D eigenvalue weighted by atomic mass is 16.5. The highest BCUT2D eigenvalue weighted by Crippen LogP contribution is 2.37. The molecular weight excluding hydrogens is 254 g/mol. The average Bonchev–Trinajstić information content (AvgIpc) is 3.08. The van der Waals surface area contributed by atoms with E-state index >= 15 is 0 Å². The molecule has 0 atom stereocenters. The summed E-state index contributed by atoms with van der Waals surface area (Å²) in [5, 5.41) is 4.07. The maximum atomic E-state index is 6.34. The number of nitrogens with two attached hydrogens (primary N) is 1. The summed E-state index contributed by atoms with van der Waals surface area (Å²) < 4.78 is 10.8. The molecule has 2 N–H and O–H groups in total. The molecule has 1 aromatic heterocycles. The highest BCUT2D eigenvalue weighted by molar-refractivity contribution is 5.64. The Hall–Kier alpha value is -1.88. The Labute approximate surface area is 118 Å². The van der Waals surface area contributed by atoms with E-state index in [4.69, 9.17) is 15.0 Å². The lowest BCUT2D eigenvalue weighted by Crippen LogP contribution is -2.33. The molecule has 2 aromatic rings. The first-order valence-electron chi connectivity index (χ1n) is 6.90. The molecule has 1 aromatic carbocycles. The zero-order chi connectivity index (χ0) is 14.2. The van der Waals surface area contributed by atoms with Gasteiger partial charge in [0, 0.05) is 0 Å². The second-order valence-electron chi connectivity index (χ2n) is 5.49. The van der Waals surface area contributed by atoms with Crippen molar-refractivity contribution in [2.45, 2.75) is 38.1 Å². The van der Waals surface area contributed by atoms with E-state index in [1.165, 1.54) is 0 Å². The van der Waals surface area contributed by atoms with Crippen LogP contribution < -0.4 is 10.5 Å². The van der Waals surface area contributed by atoms with Crippen LogP contribution in [0.15, 0.2) is 22.7 Å². The number of benzene rings is 1.